The fraction of sp³-hybridized carbons (Fsp3) is 0. The van der Waals surface area contributed by atoms with Crippen LogP contribution >= 0.6 is 0 Å². The van der Waals surface area contributed by atoms with Crippen molar-refractivity contribution in [1.29, 1.82) is 0 Å². The van der Waals surface area contributed by atoms with Crippen LogP contribution in [0.2, 0.25) is 0 Å². The van der Waals surface area contributed by atoms with Crippen molar-refractivity contribution in [2.24, 2.45) is 0 Å². The van der Waals surface area contributed by atoms with Crippen LogP contribution in [0.5, 0.6) is 0 Å². The molecule has 0 unspecified atom stereocenters. The zero-order valence-corrected chi connectivity index (χ0v) is 28.6. The van der Waals surface area contributed by atoms with E-state index >= 15 is 0 Å². The summed E-state index contributed by atoms with van der Waals surface area (Å²) in [5, 5.41) is 4.96. The number of benzene rings is 7. The zero-order chi connectivity index (χ0) is 35.1. The van der Waals surface area contributed by atoms with E-state index in [9.17, 15) is 0 Å². The van der Waals surface area contributed by atoms with Gasteiger partial charge in [-0.15, -0.1) is 0 Å². The molecule has 0 saturated carbocycles. The van der Waals surface area contributed by atoms with Crippen LogP contribution in [0, 0.1) is 0 Å². The van der Waals surface area contributed by atoms with Gasteiger partial charge in [-0.05, 0) is 63.4 Å². The molecule has 0 radical (unpaired) electrons. The molecule has 0 spiro atoms. The minimum atomic E-state index is 0.626. The lowest BCUT2D eigenvalue weighted by Crippen LogP contribution is -2.00. The number of para-hydroxylation sites is 2. The topological polar surface area (TPSA) is 56.5 Å². The van der Waals surface area contributed by atoms with E-state index in [1.807, 2.05) is 42.6 Å². The molecule has 3 aromatic heterocycles. The van der Waals surface area contributed by atoms with Crippen LogP contribution in [0.25, 0.3) is 94.7 Å². The van der Waals surface area contributed by atoms with Crippen molar-refractivity contribution in [3.8, 4) is 62.1 Å². The SMILES string of the molecule is c1ccc(-c2nc(-c3ccc(-c4cccnc4)cc3)nc(-c3ccc(-c4cc5c(c6ccccc46)c4ccccc4n5-c4ccccc4)cc3)n2)cc1. The van der Waals surface area contributed by atoms with Gasteiger partial charge in [0, 0.05) is 45.5 Å². The van der Waals surface area contributed by atoms with Gasteiger partial charge in [-0.25, -0.2) is 15.0 Å². The highest BCUT2D eigenvalue weighted by Gasteiger charge is 2.18. The van der Waals surface area contributed by atoms with Gasteiger partial charge in [0.2, 0.25) is 0 Å². The molecule has 5 heteroatoms. The van der Waals surface area contributed by atoms with E-state index in [1.54, 1.807) is 6.20 Å². The summed E-state index contributed by atoms with van der Waals surface area (Å²) in [6.45, 7) is 0. The molecule has 0 aliphatic carbocycles. The summed E-state index contributed by atoms with van der Waals surface area (Å²) in [6, 6.07) is 61.5. The third kappa shape index (κ3) is 5.43. The minimum Gasteiger partial charge on any atom is -0.309 e. The predicted octanol–water partition coefficient (Wildman–Crippen LogP) is 11.9. The maximum atomic E-state index is 5.03. The van der Waals surface area contributed by atoms with Crippen LogP contribution in [-0.2, 0) is 0 Å². The number of rotatable bonds is 6. The third-order valence-electron chi connectivity index (χ3n) is 9.95. The predicted molar refractivity (Wildman–Crippen MR) is 217 cm³/mol. The van der Waals surface area contributed by atoms with E-state index < -0.39 is 0 Å². The first-order chi connectivity index (χ1) is 26.3. The molecular weight excluding hydrogens is 647 g/mol. The second-order valence-corrected chi connectivity index (χ2v) is 13.1. The Bertz CT molecular complexity index is 2900. The van der Waals surface area contributed by atoms with Gasteiger partial charge < -0.3 is 4.57 Å². The Morgan fingerprint density at radius 2 is 0.868 bits per heavy atom. The Hall–Kier alpha value is -7.24. The smallest absolute Gasteiger partial charge is 0.164 e. The Morgan fingerprint density at radius 1 is 0.358 bits per heavy atom. The van der Waals surface area contributed by atoms with Gasteiger partial charge in [0.1, 0.15) is 0 Å². The lowest BCUT2D eigenvalue weighted by Gasteiger charge is -2.13. The summed E-state index contributed by atoms with van der Waals surface area (Å²) in [5.41, 5.74) is 10.7. The summed E-state index contributed by atoms with van der Waals surface area (Å²) in [7, 11) is 0. The summed E-state index contributed by atoms with van der Waals surface area (Å²) in [4.78, 5) is 19.2. The number of hydrogen-bond acceptors (Lipinski definition) is 4. The van der Waals surface area contributed by atoms with Gasteiger partial charge in [0.25, 0.3) is 0 Å². The molecule has 10 aromatic rings. The van der Waals surface area contributed by atoms with Crippen molar-refractivity contribution in [3.63, 3.8) is 0 Å². The van der Waals surface area contributed by atoms with Gasteiger partial charge in [-0.3, -0.25) is 4.98 Å². The standard InChI is InChI=1S/C48H31N5/c1-3-12-34(13-4-1)46-50-47(35-25-21-32(22-26-35)37-14-11-29-49-31-37)52-48(51-46)36-27-23-33(24-28-36)42-30-44-45(40-18-8-7-17-39(40)42)41-19-9-10-20-43(41)53(44)38-15-5-2-6-16-38/h1-31H. The lowest BCUT2D eigenvalue weighted by molar-refractivity contribution is 1.07. The number of hydrogen-bond donors (Lipinski definition) is 0. The van der Waals surface area contributed by atoms with Crippen LogP contribution in [0.1, 0.15) is 0 Å². The van der Waals surface area contributed by atoms with Gasteiger partial charge in [0.15, 0.2) is 17.5 Å². The molecular formula is C48H31N5. The lowest BCUT2D eigenvalue weighted by atomic mass is 9.94. The Morgan fingerprint density at radius 3 is 1.51 bits per heavy atom. The fourth-order valence-corrected chi connectivity index (χ4v) is 7.42. The second-order valence-electron chi connectivity index (χ2n) is 13.1. The number of nitrogens with zero attached hydrogens (tertiary/aromatic N) is 5. The quantitative estimate of drug-likeness (QED) is 0.176. The zero-order valence-electron chi connectivity index (χ0n) is 28.6. The molecule has 0 N–H and O–H groups in total. The maximum Gasteiger partial charge on any atom is 0.164 e. The van der Waals surface area contributed by atoms with Crippen LogP contribution < -0.4 is 0 Å². The summed E-state index contributed by atoms with van der Waals surface area (Å²) >= 11 is 0. The molecule has 0 aliphatic rings. The highest BCUT2D eigenvalue weighted by atomic mass is 15.0. The molecule has 0 aliphatic heterocycles. The van der Waals surface area contributed by atoms with Crippen LogP contribution in [0.4, 0.5) is 0 Å². The van der Waals surface area contributed by atoms with E-state index in [1.165, 1.54) is 38.1 Å². The van der Waals surface area contributed by atoms with Gasteiger partial charge in [-0.1, -0.05) is 146 Å². The maximum absolute atomic E-state index is 5.03. The van der Waals surface area contributed by atoms with E-state index in [0.29, 0.717) is 17.5 Å². The van der Waals surface area contributed by atoms with Crippen molar-refractivity contribution >= 4 is 32.6 Å². The first-order valence-corrected chi connectivity index (χ1v) is 17.7. The molecule has 0 atom stereocenters. The number of pyridine rings is 1. The first kappa shape index (κ1) is 30.6. The average molecular weight is 678 g/mol. The molecule has 3 heterocycles. The third-order valence-corrected chi connectivity index (χ3v) is 9.95. The largest absolute Gasteiger partial charge is 0.309 e. The van der Waals surface area contributed by atoms with Crippen molar-refractivity contribution in [2.75, 3.05) is 0 Å². The van der Waals surface area contributed by atoms with Crippen LogP contribution in [0.15, 0.2) is 188 Å². The summed E-state index contributed by atoms with van der Waals surface area (Å²) < 4.78 is 2.38. The summed E-state index contributed by atoms with van der Waals surface area (Å²) in [6.07, 6.45) is 3.66. The highest BCUT2D eigenvalue weighted by molar-refractivity contribution is 6.24. The van der Waals surface area contributed by atoms with Crippen molar-refractivity contribution < 1.29 is 0 Å². The van der Waals surface area contributed by atoms with E-state index in [0.717, 1.165) is 39.1 Å². The normalized spacial score (nSPS) is 11.4. The molecule has 0 bridgehead atoms. The molecule has 0 fully saturated rings. The molecule has 53 heavy (non-hydrogen) atoms. The molecule has 0 saturated heterocycles. The van der Waals surface area contributed by atoms with Gasteiger partial charge in [0.05, 0.1) is 11.0 Å². The Labute approximate surface area is 306 Å². The molecule has 248 valence electrons. The highest BCUT2D eigenvalue weighted by Crippen LogP contribution is 2.41. The van der Waals surface area contributed by atoms with Crippen molar-refractivity contribution in [2.45, 2.75) is 0 Å². The Kier molecular flexibility index (Phi) is 7.40. The molecule has 10 rings (SSSR count). The average Bonchev–Trinajstić information content (AvgIpc) is 3.59. The Balaban J connectivity index is 1.10. The van der Waals surface area contributed by atoms with Crippen molar-refractivity contribution in [1.82, 2.24) is 24.5 Å². The van der Waals surface area contributed by atoms with E-state index in [2.05, 4.69) is 149 Å². The first-order valence-electron chi connectivity index (χ1n) is 17.7. The number of aromatic nitrogens is 5. The van der Waals surface area contributed by atoms with E-state index in [4.69, 9.17) is 15.0 Å². The molecule has 7 aromatic carbocycles. The second kappa shape index (κ2) is 12.8. The van der Waals surface area contributed by atoms with Gasteiger partial charge >= 0.3 is 0 Å². The van der Waals surface area contributed by atoms with Gasteiger partial charge in [-0.2, -0.15) is 0 Å². The number of fused-ring (bicyclic) bond motifs is 5. The van der Waals surface area contributed by atoms with Crippen molar-refractivity contribution in [3.05, 3.63) is 188 Å². The summed E-state index contributed by atoms with van der Waals surface area (Å²) in [5.74, 6) is 1.89. The van der Waals surface area contributed by atoms with E-state index in [-0.39, 0.29) is 0 Å². The monoisotopic (exact) mass is 677 g/mol. The minimum absolute atomic E-state index is 0.626. The van der Waals surface area contributed by atoms with Crippen LogP contribution in [-0.4, -0.2) is 24.5 Å². The van der Waals surface area contributed by atoms with Crippen LogP contribution in [0.3, 0.4) is 0 Å². The fourth-order valence-electron chi connectivity index (χ4n) is 7.42. The molecule has 0 amide bonds. The molecule has 5 nitrogen and oxygen atoms in total.